The maximum Gasteiger partial charge on any atom is 0.256 e. The van der Waals surface area contributed by atoms with Crippen LogP contribution in [0.2, 0.25) is 10.0 Å². The number of aromatic amines is 1. The van der Waals surface area contributed by atoms with Crippen molar-refractivity contribution in [1.29, 1.82) is 0 Å². The van der Waals surface area contributed by atoms with E-state index in [-0.39, 0.29) is 23.0 Å². The molecule has 0 aliphatic heterocycles. The molecule has 196 valence electrons. The largest absolute Gasteiger partial charge is 0.348 e. The van der Waals surface area contributed by atoms with E-state index < -0.39 is 11.7 Å². The summed E-state index contributed by atoms with van der Waals surface area (Å²) in [6.07, 6.45) is 0. The minimum Gasteiger partial charge on any atom is -0.348 e. The number of hydrogen-bond acceptors (Lipinski definition) is 4. The van der Waals surface area contributed by atoms with E-state index in [1.165, 1.54) is 18.2 Å². The van der Waals surface area contributed by atoms with Gasteiger partial charge in [0, 0.05) is 22.3 Å². The number of carbonyl (C=O) groups excluding carboxylic acids is 2. The maximum absolute atomic E-state index is 14.0. The molecule has 0 fully saturated rings. The Bertz CT molecular complexity index is 1690. The van der Waals surface area contributed by atoms with Gasteiger partial charge in [-0.05, 0) is 72.3 Å². The molecule has 0 aliphatic rings. The Hall–Kier alpha value is -3.92. The average molecular weight is 627 g/mol. The normalized spacial score (nSPS) is 10.9. The molecule has 5 rings (SSSR count). The minimum atomic E-state index is -0.697. The van der Waals surface area contributed by atoms with Crippen LogP contribution in [0.3, 0.4) is 0 Å². The summed E-state index contributed by atoms with van der Waals surface area (Å²) in [7, 11) is 0. The summed E-state index contributed by atoms with van der Waals surface area (Å²) in [6, 6.07) is 21.7. The number of imidazole rings is 1. The van der Waals surface area contributed by atoms with E-state index in [0.717, 1.165) is 4.47 Å². The van der Waals surface area contributed by atoms with Gasteiger partial charge < -0.3 is 20.9 Å². The van der Waals surface area contributed by atoms with Crippen molar-refractivity contribution in [3.05, 3.63) is 116 Å². The van der Waals surface area contributed by atoms with Crippen LogP contribution < -0.4 is 16.0 Å². The van der Waals surface area contributed by atoms with Gasteiger partial charge in [0.2, 0.25) is 5.95 Å². The number of nitrogens with zero attached hydrogens (tertiary/aromatic N) is 1. The third-order valence-electron chi connectivity index (χ3n) is 5.77. The van der Waals surface area contributed by atoms with E-state index in [0.29, 0.717) is 44.5 Å². The molecular weight excluding hydrogens is 608 g/mol. The minimum absolute atomic E-state index is 0.0322. The van der Waals surface area contributed by atoms with Crippen LogP contribution in [0.15, 0.2) is 83.3 Å². The van der Waals surface area contributed by atoms with Crippen LogP contribution in [0, 0.1) is 5.82 Å². The second-order valence-electron chi connectivity index (χ2n) is 8.50. The van der Waals surface area contributed by atoms with Gasteiger partial charge in [-0.25, -0.2) is 9.37 Å². The Morgan fingerprint density at radius 3 is 2.49 bits per heavy atom. The first-order chi connectivity index (χ1) is 18.8. The first kappa shape index (κ1) is 26.7. The molecule has 4 aromatic carbocycles. The zero-order chi connectivity index (χ0) is 27.5. The van der Waals surface area contributed by atoms with Crippen molar-refractivity contribution in [2.24, 2.45) is 0 Å². The molecule has 7 nitrogen and oxygen atoms in total. The summed E-state index contributed by atoms with van der Waals surface area (Å²) < 4.78 is 15.0. The first-order valence-corrected chi connectivity index (χ1v) is 13.2. The summed E-state index contributed by atoms with van der Waals surface area (Å²) in [6.45, 7) is 0.117. The predicted molar refractivity (Wildman–Crippen MR) is 156 cm³/mol. The highest BCUT2D eigenvalue weighted by Crippen LogP contribution is 2.27. The molecule has 1 aromatic heterocycles. The van der Waals surface area contributed by atoms with Crippen molar-refractivity contribution in [2.75, 3.05) is 10.6 Å². The average Bonchev–Trinajstić information content (AvgIpc) is 3.32. The van der Waals surface area contributed by atoms with E-state index in [9.17, 15) is 14.0 Å². The van der Waals surface area contributed by atoms with Crippen LogP contribution in [-0.4, -0.2) is 21.8 Å². The molecule has 0 bridgehead atoms. The highest BCUT2D eigenvalue weighted by atomic mass is 79.9. The molecule has 11 heteroatoms. The molecule has 2 amide bonds. The summed E-state index contributed by atoms with van der Waals surface area (Å²) in [5.41, 5.74) is 3.49. The number of carbonyl (C=O) groups is 2. The number of fused-ring (bicyclic) bond motifs is 1. The van der Waals surface area contributed by atoms with E-state index in [2.05, 4.69) is 41.8 Å². The smallest absolute Gasteiger partial charge is 0.256 e. The van der Waals surface area contributed by atoms with Crippen molar-refractivity contribution < 1.29 is 14.0 Å². The quantitative estimate of drug-likeness (QED) is 0.149. The second-order valence-corrected chi connectivity index (χ2v) is 10.2. The SMILES string of the molecule is O=C(Nc1ccc(Br)cc1)c1ccc2nc(Nc3cc(CNC(=O)c4c(F)cccc4Cl)ccc3Cl)[nH]c2c1. The molecule has 0 saturated heterocycles. The highest BCUT2D eigenvalue weighted by Gasteiger charge is 2.16. The predicted octanol–water partition coefficient (Wildman–Crippen LogP) is 7.70. The standard InChI is InChI=1S/C28H19BrCl2FN5O2/c29-17-6-8-18(9-7-17)34-26(38)16-5-11-22-24(13-16)37-28(35-22)36-23-12-15(4-10-19(23)30)14-33-27(39)25-20(31)2-1-3-21(25)32/h1-13H,14H2,(H,33,39)(H,34,38)(H2,35,36,37). The number of H-pyrrole nitrogens is 1. The van der Waals surface area contributed by atoms with E-state index >= 15 is 0 Å². The van der Waals surface area contributed by atoms with Gasteiger partial charge >= 0.3 is 0 Å². The molecule has 4 N–H and O–H groups in total. The number of amides is 2. The molecule has 0 atom stereocenters. The summed E-state index contributed by atoms with van der Waals surface area (Å²) >= 11 is 15.7. The molecule has 0 unspecified atom stereocenters. The second kappa shape index (κ2) is 11.4. The van der Waals surface area contributed by atoms with Gasteiger partial charge in [-0.2, -0.15) is 0 Å². The number of halogens is 4. The van der Waals surface area contributed by atoms with Gasteiger partial charge in [0.1, 0.15) is 5.82 Å². The number of aromatic nitrogens is 2. The van der Waals surface area contributed by atoms with Gasteiger partial charge in [-0.3, -0.25) is 9.59 Å². The number of hydrogen-bond donors (Lipinski definition) is 4. The van der Waals surface area contributed by atoms with Gasteiger partial charge in [-0.1, -0.05) is 51.3 Å². The Kier molecular flexibility index (Phi) is 7.83. The lowest BCUT2D eigenvalue weighted by Gasteiger charge is -2.11. The van der Waals surface area contributed by atoms with E-state index in [4.69, 9.17) is 23.2 Å². The lowest BCUT2D eigenvalue weighted by Crippen LogP contribution is -2.24. The molecule has 0 saturated carbocycles. The first-order valence-electron chi connectivity index (χ1n) is 11.6. The van der Waals surface area contributed by atoms with Gasteiger partial charge in [-0.15, -0.1) is 0 Å². The third kappa shape index (κ3) is 6.22. The van der Waals surface area contributed by atoms with Crippen molar-refractivity contribution in [2.45, 2.75) is 6.54 Å². The number of anilines is 3. The number of benzene rings is 4. The molecule has 0 aliphatic carbocycles. The van der Waals surface area contributed by atoms with Gasteiger partial charge in [0.05, 0.1) is 32.3 Å². The fourth-order valence-corrected chi connectivity index (χ4v) is 4.52. The molecule has 5 aromatic rings. The fraction of sp³-hybridized carbons (Fsp3) is 0.0357. The topological polar surface area (TPSA) is 98.9 Å². The third-order valence-corrected chi connectivity index (χ3v) is 6.95. The zero-order valence-corrected chi connectivity index (χ0v) is 23.1. The molecule has 39 heavy (non-hydrogen) atoms. The Morgan fingerprint density at radius 1 is 0.923 bits per heavy atom. The van der Waals surface area contributed by atoms with Crippen LogP contribution in [0.4, 0.5) is 21.7 Å². The van der Waals surface area contributed by atoms with Crippen molar-refractivity contribution in [3.8, 4) is 0 Å². The van der Waals surface area contributed by atoms with Gasteiger partial charge in [0.15, 0.2) is 0 Å². The van der Waals surface area contributed by atoms with Crippen LogP contribution >= 0.6 is 39.1 Å². The van der Waals surface area contributed by atoms with Crippen molar-refractivity contribution in [1.82, 2.24) is 15.3 Å². The number of nitrogens with one attached hydrogen (secondary N) is 4. The lowest BCUT2D eigenvalue weighted by atomic mass is 10.1. The van der Waals surface area contributed by atoms with Crippen LogP contribution in [0.25, 0.3) is 11.0 Å². The monoisotopic (exact) mass is 625 g/mol. The fourth-order valence-electron chi connectivity index (χ4n) is 3.84. The van der Waals surface area contributed by atoms with Gasteiger partial charge in [0.25, 0.3) is 11.8 Å². The Balaban J connectivity index is 1.29. The maximum atomic E-state index is 14.0. The van der Waals surface area contributed by atoms with Crippen LogP contribution in [0.1, 0.15) is 26.3 Å². The number of rotatable bonds is 7. The molecule has 0 spiro atoms. The van der Waals surface area contributed by atoms with Crippen molar-refractivity contribution >= 4 is 79.3 Å². The lowest BCUT2D eigenvalue weighted by molar-refractivity contribution is 0.0946. The Morgan fingerprint density at radius 2 is 1.72 bits per heavy atom. The molecule has 1 heterocycles. The van der Waals surface area contributed by atoms with Crippen molar-refractivity contribution in [3.63, 3.8) is 0 Å². The summed E-state index contributed by atoms with van der Waals surface area (Å²) in [5.74, 6) is -1.16. The molecule has 0 radical (unpaired) electrons. The van der Waals surface area contributed by atoms with E-state index in [1.807, 2.05) is 12.1 Å². The summed E-state index contributed by atoms with van der Waals surface area (Å²) in [5, 5.41) is 9.13. The molecular formula is C28H19BrCl2FN5O2. The van der Waals surface area contributed by atoms with Crippen LogP contribution in [0.5, 0.6) is 0 Å². The summed E-state index contributed by atoms with van der Waals surface area (Å²) in [4.78, 5) is 32.8. The van der Waals surface area contributed by atoms with Crippen LogP contribution in [-0.2, 0) is 6.54 Å². The Labute approximate surface area is 240 Å². The highest BCUT2D eigenvalue weighted by molar-refractivity contribution is 9.10. The zero-order valence-electron chi connectivity index (χ0n) is 20.0. The van der Waals surface area contributed by atoms with E-state index in [1.54, 1.807) is 48.5 Å².